The molecule has 1 aliphatic rings. The summed E-state index contributed by atoms with van der Waals surface area (Å²) < 4.78 is 0. The van der Waals surface area contributed by atoms with Crippen molar-refractivity contribution < 1.29 is 4.79 Å². The third kappa shape index (κ3) is 3.55. The van der Waals surface area contributed by atoms with Crippen molar-refractivity contribution in [3.8, 4) is 0 Å². The van der Waals surface area contributed by atoms with Gasteiger partial charge in [-0.25, -0.2) is 0 Å². The van der Waals surface area contributed by atoms with Crippen LogP contribution in [0.25, 0.3) is 0 Å². The quantitative estimate of drug-likeness (QED) is 0.754. The summed E-state index contributed by atoms with van der Waals surface area (Å²) in [6, 6.07) is 12.8. The molecule has 1 heterocycles. The van der Waals surface area contributed by atoms with E-state index in [0.29, 0.717) is 21.4 Å². The standard InChI is InChI=1S/C18H17Cl2N3O/c1-18(2)10-11-5-3-4-6-13(11)16(21-18)22-23-17(24)14-8-7-12(19)9-15(14)20/h3-9H,10H2,1-2H3,(H,21,22)(H,23,24). The number of rotatable bonds is 1. The van der Waals surface area contributed by atoms with Crippen LogP contribution in [0.2, 0.25) is 10.0 Å². The highest BCUT2D eigenvalue weighted by Crippen LogP contribution is 2.26. The van der Waals surface area contributed by atoms with Gasteiger partial charge in [-0.3, -0.25) is 20.6 Å². The van der Waals surface area contributed by atoms with E-state index >= 15 is 0 Å². The van der Waals surface area contributed by atoms with Gasteiger partial charge in [-0.05, 0) is 44.0 Å². The monoisotopic (exact) mass is 361 g/mol. The van der Waals surface area contributed by atoms with Crippen LogP contribution in [-0.2, 0) is 6.42 Å². The van der Waals surface area contributed by atoms with Crippen LogP contribution in [0.4, 0.5) is 0 Å². The largest absolute Gasteiger partial charge is 0.281 e. The number of amides is 1. The minimum Gasteiger partial charge on any atom is -0.281 e. The van der Waals surface area contributed by atoms with E-state index in [9.17, 15) is 4.79 Å². The first-order valence-corrected chi connectivity index (χ1v) is 8.31. The number of hydrazine groups is 1. The number of fused-ring (bicyclic) bond motifs is 1. The lowest BCUT2D eigenvalue weighted by Crippen LogP contribution is -2.45. The van der Waals surface area contributed by atoms with Gasteiger partial charge >= 0.3 is 0 Å². The molecule has 124 valence electrons. The second kappa shape index (κ2) is 6.46. The maximum atomic E-state index is 12.3. The van der Waals surface area contributed by atoms with E-state index in [1.807, 2.05) is 18.2 Å². The lowest BCUT2D eigenvalue weighted by molar-refractivity contribution is 0.0944. The number of aliphatic imine (C=N–C) groups is 1. The molecule has 2 aromatic rings. The van der Waals surface area contributed by atoms with Crippen molar-refractivity contribution in [2.45, 2.75) is 25.8 Å². The first-order chi connectivity index (χ1) is 11.4. The molecule has 0 atom stereocenters. The predicted octanol–water partition coefficient (Wildman–Crippen LogP) is 4.01. The summed E-state index contributed by atoms with van der Waals surface area (Å²) in [5, 5.41) is 0.782. The average molecular weight is 362 g/mol. The van der Waals surface area contributed by atoms with Crippen molar-refractivity contribution in [2.24, 2.45) is 4.99 Å². The van der Waals surface area contributed by atoms with E-state index in [0.717, 1.165) is 12.0 Å². The molecule has 1 amide bonds. The van der Waals surface area contributed by atoms with Crippen molar-refractivity contribution in [3.63, 3.8) is 0 Å². The first-order valence-electron chi connectivity index (χ1n) is 7.55. The zero-order valence-corrected chi connectivity index (χ0v) is 14.9. The zero-order valence-electron chi connectivity index (χ0n) is 13.4. The van der Waals surface area contributed by atoms with Gasteiger partial charge < -0.3 is 0 Å². The Balaban J connectivity index is 1.80. The van der Waals surface area contributed by atoms with Crippen LogP contribution in [0, 0.1) is 0 Å². The Morgan fingerprint density at radius 1 is 1.17 bits per heavy atom. The number of benzene rings is 2. The molecule has 0 saturated heterocycles. The number of carbonyl (C=O) groups is 1. The molecule has 6 heteroatoms. The molecular formula is C18H17Cl2N3O. The molecule has 0 unspecified atom stereocenters. The van der Waals surface area contributed by atoms with Gasteiger partial charge in [-0.1, -0.05) is 47.5 Å². The first kappa shape index (κ1) is 16.8. The second-order valence-electron chi connectivity index (χ2n) is 6.31. The summed E-state index contributed by atoms with van der Waals surface area (Å²) in [6.07, 6.45) is 0.852. The maximum absolute atomic E-state index is 12.3. The summed E-state index contributed by atoms with van der Waals surface area (Å²) in [7, 11) is 0. The van der Waals surface area contributed by atoms with Crippen molar-refractivity contribution in [3.05, 3.63) is 69.2 Å². The molecule has 0 saturated carbocycles. The number of nitrogens with zero attached hydrogens (tertiary/aromatic N) is 1. The molecule has 0 spiro atoms. The summed E-state index contributed by atoms with van der Waals surface area (Å²) in [4.78, 5) is 17.0. The van der Waals surface area contributed by atoms with Crippen LogP contribution in [0.15, 0.2) is 47.5 Å². The smallest absolute Gasteiger partial charge is 0.271 e. The van der Waals surface area contributed by atoms with Gasteiger partial charge in [0.05, 0.1) is 16.1 Å². The number of hydrogen-bond acceptors (Lipinski definition) is 3. The Kier molecular flexibility index (Phi) is 4.52. The van der Waals surface area contributed by atoms with Crippen molar-refractivity contribution >= 4 is 34.9 Å². The molecule has 0 fully saturated rings. The fourth-order valence-corrected chi connectivity index (χ4v) is 3.22. The molecule has 24 heavy (non-hydrogen) atoms. The van der Waals surface area contributed by atoms with Gasteiger partial charge in [0.15, 0.2) is 0 Å². The Morgan fingerprint density at radius 2 is 1.92 bits per heavy atom. The average Bonchev–Trinajstić information content (AvgIpc) is 2.51. The molecule has 4 nitrogen and oxygen atoms in total. The normalized spacial score (nSPS) is 15.2. The third-order valence-electron chi connectivity index (χ3n) is 3.78. The van der Waals surface area contributed by atoms with Crippen LogP contribution in [-0.4, -0.2) is 17.3 Å². The van der Waals surface area contributed by atoms with E-state index in [2.05, 4.69) is 30.8 Å². The van der Waals surface area contributed by atoms with E-state index in [1.54, 1.807) is 12.1 Å². The minimum atomic E-state index is -0.347. The van der Waals surface area contributed by atoms with Crippen LogP contribution in [0.1, 0.15) is 35.3 Å². The van der Waals surface area contributed by atoms with E-state index in [4.69, 9.17) is 28.2 Å². The second-order valence-corrected chi connectivity index (χ2v) is 7.15. The van der Waals surface area contributed by atoms with Crippen LogP contribution in [0.5, 0.6) is 0 Å². The van der Waals surface area contributed by atoms with Gasteiger partial charge in [0.1, 0.15) is 5.84 Å². The summed E-state index contributed by atoms with van der Waals surface area (Å²) in [5.74, 6) is 0.292. The molecule has 3 rings (SSSR count). The van der Waals surface area contributed by atoms with Gasteiger partial charge in [0.25, 0.3) is 5.91 Å². The fraction of sp³-hybridized carbons (Fsp3) is 0.222. The lowest BCUT2D eigenvalue weighted by atomic mass is 9.89. The molecule has 0 bridgehead atoms. The number of hydrogen-bond donors (Lipinski definition) is 2. The van der Waals surface area contributed by atoms with Gasteiger partial charge in [-0.2, -0.15) is 0 Å². The minimum absolute atomic E-state index is 0.237. The molecular weight excluding hydrogens is 345 g/mol. The topological polar surface area (TPSA) is 53.5 Å². The number of halogens is 2. The Hall–Kier alpha value is -2.04. The Labute approximate surface area is 150 Å². The van der Waals surface area contributed by atoms with Crippen LogP contribution < -0.4 is 10.9 Å². The molecule has 2 N–H and O–H groups in total. The zero-order chi connectivity index (χ0) is 17.3. The van der Waals surface area contributed by atoms with E-state index in [-0.39, 0.29) is 11.4 Å². The van der Waals surface area contributed by atoms with Gasteiger partial charge in [0.2, 0.25) is 0 Å². The SMILES string of the molecule is CC1(C)Cc2ccccc2C(NNC(=O)c2ccc(Cl)cc2Cl)=N1. The van der Waals surface area contributed by atoms with Crippen LogP contribution in [0.3, 0.4) is 0 Å². The Bertz CT molecular complexity index is 831. The van der Waals surface area contributed by atoms with Gasteiger partial charge in [-0.15, -0.1) is 0 Å². The van der Waals surface area contributed by atoms with Crippen molar-refractivity contribution in [2.75, 3.05) is 0 Å². The molecule has 2 aromatic carbocycles. The molecule has 0 radical (unpaired) electrons. The fourth-order valence-electron chi connectivity index (χ4n) is 2.73. The molecule has 1 aliphatic heterocycles. The molecule has 0 aliphatic carbocycles. The predicted molar refractivity (Wildman–Crippen MR) is 97.8 cm³/mol. The number of amidine groups is 1. The summed E-state index contributed by atoms with van der Waals surface area (Å²) in [5.41, 5.74) is 7.88. The number of carbonyl (C=O) groups excluding carboxylic acids is 1. The van der Waals surface area contributed by atoms with Crippen LogP contribution >= 0.6 is 23.2 Å². The summed E-state index contributed by atoms with van der Waals surface area (Å²) >= 11 is 11.9. The van der Waals surface area contributed by atoms with Gasteiger partial charge in [0, 0.05) is 10.6 Å². The van der Waals surface area contributed by atoms with E-state index < -0.39 is 0 Å². The highest BCUT2D eigenvalue weighted by atomic mass is 35.5. The highest BCUT2D eigenvalue weighted by molar-refractivity contribution is 6.36. The van der Waals surface area contributed by atoms with Crippen molar-refractivity contribution in [1.82, 2.24) is 10.9 Å². The lowest BCUT2D eigenvalue weighted by Gasteiger charge is -2.29. The Morgan fingerprint density at radius 3 is 2.67 bits per heavy atom. The van der Waals surface area contributed by atoms with Crippen molar-refractivity contribution in [1.29, 1.82) is 0 Å². The number of nitrogens with one attached hydrogen (secondary N) is 2. The maximum Gasteiger partial charge on any atom is 0.271 e. The third-order valence-corrected chi connectivity index (χ3v) is 4.33. The summed E-state index contributed by atoms with van der Waals surface area (Å²) in [6.45, 7) is 4.12. The van der Waals surface area contributed by atoms with E-state index in [1.165, 1.54) is 11.6 Å². The molecule has 0 aromatic heterocycles. The highest BCUT2D eigenvalue weighted by Gasteiger charge is 2.26.